The molecule has 1 aliphatic heterocycles. The largest absolute Gasteiger partial charge is 0.507 e. The van der Waals surface area contributed by atoms with Gasteiger partial charge in [-0.1, -0.05) is 12.1 Å². The summed E-state index contributed by atoms with van der Waals surface area (Å²) in [6.45, 7) is 4.32. The smallest absolute Gasteiger partial charge is 0.168 e. The first-order valence-electron chi connectivity index (χ1n) is 9.28. The molecular formula is C21H23FN4O. The molecule has 3 N–H and O–H groups in total. The van der Waals surface area contributed by atoms with Gasteiger partial charge in [0, 0.05) is 18.5 Å². The van der Waals surface area contributed by atoms with Gasteiger partial charge in [0.25, 0.3) is 0 Å². The monoisotopic (exact) mass is 366 g/mol. The van der Waals surface area contributed by atoms with Gasteiger partial charge in [-0.3, -0.25) is 0 Å². The highest BCUT2D eigenvalue weighted by atomic mass is 19.1. The SMILES string of the molecule is Cc1ccc2c(N3CCCC(CN)C3)nc(-c3c(O)cccc3F)nc2c1. The van der Waals surface area contributed by atoms with Crippen molar-refractivity contribution in [1.29, 1.82) is 0 Å². The maximum absolute atomic E-state index is 14.4. The van der Waals surface area contributed by atoms with Crippen molar-refractivity contribution in [2.24, 2.45) is 11.7 Å². The average molecular weight is 366 g/mol. The highest BCUT2D eigenvalue weighted by Gasteiger charge is 2.24. The fraction of sp³-hybridized carbons (Fsp3) is 0.333. The fourth-order valence-corrected chi connectivity index (χ4v) is 3.76. The summed E-state index contributed by atoms with van der Waals surface area (Å²) in [4.78, 5) is 11.5. The predicted molar refractivity (Wildman–Crippen MR) is 105 cm³/mol. The molecule has 0 bridgehead atoms. The third-order valence-corrected chi connectivity index (χ3v) is 5.20. The molecule has 6 heteroatoms. The van der Waals surface area contributed by atoms with Crippen molar-refractivity contribution in [1.82, 2.24) is 9.97 Å². The van der Waals surface area contributed by atoms with Crippen LogP contribution in [0.15, 0.2) is 36.4 Å². The first-order valence-corrected chi connectivity index (χ1v) is 9.28. The number of benzene rings is 2. The van der Waals surface area contributed by atoms with Gasteiger partial charge in [0.1, 0.15) is 17.4 Å². The Labute approximate surface area is 157 Å². The van der Waals surface area contributed by atoms with Crippen LogP contribution in [0.25, 0.3) is 22.3 Å². The third kappa shape index (κ3) is 3.32. The summed E-state index contributed by atoms with van der Waals surface area (Å²) < 4.78 is 14.4. The highest BCUT2D eigenvalue weighted by Crippen LogP contribution is 2.34. The molecule has 3 aromatic rings. The lowest BCUT2D eigenvalue weighted by Crippen LogP contribution is -2.39. The summed E-state index contributed by atoms with van der Waals surface area (Å²) >= 11 is 0. The minimum absolute atomic E-state index is 0.0366. The zero-order valence-corrected chi connectivity index (χ0v) is 15.3. The van der Waals surface area contributed by atoms with Crippen LogP contribution in [-0.4, -0.2) is 34.7 Å². The van der Waals surface area contributed by atoms with Crippen LogP contribution in [0, 0.1) is 18.7 Å². The minimum Gasteiger partial charge on any atom is -0.507 e. The average Bonchev–Trinajstić information content (AvgIpc) is 2.67. The van der Waals surface area contributed by atoms with Crippen molar-refractivity contribution < 1.29 is 9.50 Å². The fourth-order valence-electron chi connectivity index (χ4n) is 3.76. The van der Waals surface area contributed by atoms with Gasteiger partial charge < -0.3 is 15.7 Å². The number of hydrogen-bond acceptors (Lipinski definition) is 5. The zero-order valence-electron chi connectivity index (χ0n) is 15.3. The second-order valence-corrected chi connectivity index (χ2v) is 7.22. The number of aromatic nitrogens is 2. The first-order chi connectivity index (χ1) is 13.1. The molecule has 1 aliphatic rings. The molecule has 1 unspecified atom stereocenters. The van der Waals surface area contributed by atoms with Crippen molar-refractivity contribution in [2.75, 3.05) is 24.5 Å². The zero-order chi connectivity index (χ0) is 19.0. The Morgan fingerprint density at radius 1 is 1.26 bits per heavy atom. The van der Waals surface area contributed by atoms with Crippen LogP contribution < -0.4 is 10.6 Å². The second-order valence-electron chi connectivity index (χ2n) is 7.22. The highest BCUT2D eigenvalue weighted by molar-refractivity contribution is 5.92. The number of piperidine rings is 1. The first kappa shape index (κ1) is 17.7. The van der Waals surface area contributed by atoms with E-state index in [2.05, 4.69) is 14.9 Å². The van der Waals surface area contributed by atoms with E-state index in [9.17, 15) is 9.50 Å². The summed E-state index contributed by atoms with van der Waals surface area (Å²) in [5.41, 5.74) is 7.74. The molecule has 140 valence electrons. The summed E-state index contributed by atoms with van der Waals surface area (Å²) in [7, 11) is 0. The molecule has 5 nitrogen and oxygen atoms in total. The van der Waals surface area contributed by atoms with Gasteiger partial charge in [-0.15, -0.1) is 0 Å². The Morgan fingerprint density at radius 3 is 2.89 bits per heavy atom. The lowest BCUT2D eigenvalue weighted by molar-refractivity contribution is 0.422. The van der Waals surface area contributed by atoms with Gasteiger partial charge in [-0.25, -0.2) is 14.4 Å². The molecule has 1 atom stereocenters. The topological polar surface area (TPSA) is 75.3 Å². The summed E-state index contributed by atoms with van der Waals surface area (Å²) in [5.74, 6) is 0.696. The minimum atomic E-state index is -0.536. The van der Waals surface area contributed by atoms with E-state index in [-0.39, 0.29) is 17.1 Å². The van der Waals surface area contributed by atoms with E-state index in [1.165, 1.54) is 18.2 Å². The van der Waals surface area contributed by atoms with E-state index in [4.69, 9.17) is 5.73 Å². The number of phenols is 1. The maximum Gasteiger partial charge on any atom is 0.168 e. The van der Waals surface area contributed by atoms with Gasteiger partial charge in [-0.2, -0.15) is 0 Å². The molecule has 2 heterocycles. The molecule has 0 amide bonds. The van der Waals surface area contributed by atoms with E-state index in [0.717, 1.165) is 48.2 Å². The molecule has 1 saturated heterocycles. The van der Waals surface area contributed by atoms with E-state index in [1.807, 2.05) is 25.1 Å². The molecule has 1 fully saturated rings. The van der Waals surface area contributed by atoms with E-state index in [1.54, 1.807) is 0 Å². The lowest BCUT2D eigenvalue weighted by Gasteiger charge is -2.33. The number of fused-ring (bicyclic) bond motifs is 1. The van der Waals surface area contributed by atoms with Crippen molar-refractivity contribution >= 4 is 16.7 Å². The lowest BCUT2D eigenvalue weighted by atomic mass is 9.98. The predicted octanol–water partition coefficient (Wildman–Crippen LogP) is 3.63. The molecule has 4 rings (SSSR count). The summed E-state index contributed by atoms with van der Waals surface area (Å²) in [5, 5.41) is 11.1. The summed E-state index contributed by atoms with van der Waals surface area (Å²) in [6.07, 6.45) is 2.15. The number of nitrogens with two attached hydrogens (primary N) is 1. The third-order valence-electron chi connectivity index (χ3n) is 5.20. The van der Waals surface area contributed by atoms with Crippen LogP contribution in [0.1, 0.15) is 18.4 Å². The molecule has 1 aromatic heterocycles. The van der Waals surface area contributed by atoms with Crippen molar-refractivity contribution in [3.63, 3.8) is 0 Å². The number of nitrogens with zero attached hydrogens (tertiary/aromatic N) is 3. The van der Waals surface area contributed by atoms with Gasteiger partial charge in [0.05, 0.1) is 11.1 Å². The van der Waals surface area contributed by atoms with Crippen LogP contribution in [-0.2, 0) is 0 Å². The Hall–Kier alpha value is -2.73. The normalized spacial score (nSPS) is 17.4. The number of phenolic OH excluding ortho intramolecular Hbond substituents is 1. The van der Waals surface area contributed by atoms with Gasteiger partial charge in [-0.05, 0) is 62.1 Å². The quantitative estimate of drug-likeness (QED) is 0.740. The van der Waals surface area contributed by atoms with Crippen molar-refractivity contribution in [3.05, 3.63) is 47.8 Å². The van der Waals surface area contributed by atoms with E-state index < -0.39 is 5.82 Å². The molecule has 0 saturated carbocycles. The van der Waals surface area contributed by atoms with Gasteiger partial charge in [0.15, 0.2) is 5.82 Å². The Bertz CT molecular complexity index is 971. The maximum atomic E-state index is 14.4. The van der Waals surface area contributed by atoms with Crippen LogP contribution in [0.2, 0.25) is 0 Å². The Kier molecular flexibility index (Phi) is 4.66. The van der Waals surface area contributed by atoms with Gasteiger partial charge in [0.2, 0.25) is 0 Å². The van der Waals surface area contributed by atoms with Crippen LogP contribution in [0.4, 0.5) is 10.2 Å². The number of rotatable bonds is 3. The van der Waals surface area contributed by atoms with Crippen LogP contribution in [0.5, 0.6) is 5.75 Å². The van der Waals surface area contributed by atoms with Crippen LogP contribution >= 0.6 is 0 Å². The van der Waals surface area contributed by atoms with Crippen molar-refractivity contribution in [3.8, 4) is 17.1 Å². The number of hydrogen-bond donors (Lipinski definition) is 2. The molecule has 0 aliphatic carbocycles. The second kappa shape index (κ2) is 7.12. The molecule has 0 radical (unpaired) electrons. The Morgan fingerprint density at radius 2 is 2.11 bits per heavy atom. The summed E-state index contributed by atoms with van der Waals surface area (Å²) in [6, 6.07) is 10.2. The van der Waals surface area contributed by atoms with E-state index in [0.29, 0.717) is 12.5 Å². The number of halogens is 1. The molecule has 2 aromatic carbocycles. The standard InChI is InChI=1S/C21H23FN4O/c1-13-7-8-15-17(10-13)24-20(19-16(22)5-2-6-18(19)27)25-21(15)26-9-3-4-14(11-23)12-26/h2,5-8,10,14,27H,3-4,9,11-12,23H2,1H3. The molecule has 27 heavy (non-hydrogen) atoms. The Balaban J connectivity index is 1.92. The van der Waals surface area contributed by atoms with E-state index >= 15 is 0 Å². The number of aryl methyl sites for hydroxylation is 1. The van der Waals surface area contributed by atoms with Crippen LogP contribution in [0.3, 0.4) is 0 Å². The van der Waals surface area contributed by atoms with Gasteiger partial charge >= 0.3 is 0 Å². The van der Waals surface area contributed by atoms with Crippen molar-refractivity contribution in [2.45, 2.75) is 19.8 Å². The number of aromatic hydroxyl groups is 1. The number of anilines is 1. The molecular weight excluding hydrogens is 343 g/mol. The molecule has 0 spiro atoms.